The molecule has 6 heterocycles. The molecule has 6 nitrogen and oxygen atoms in total. The molecule has 0 amide bonds. The Bertz CT molecular complexity index is 4300. The number of rotatable bonds is 8. The summed E-state index contributed by atoms with van der Waals surface area (Å²) < 4.78 is 0. The number of aromatic nitrogens is 5. The second kappa shape index (κ2) is 31.0. The second-order valence-electron chi connectivity index (χ2n) is 30.2. The van der Waals surface area contributed by atoms with Crippen molar-refractivity contribution in [1.29, 1.82) is 0 Å². The molecule has 2 aliphatic heterocycles. The van der Waals surface area contributed by atoms with Gasteiger partial charge in [-0.2, -0.15) is 0 Å². The first-order chi connectivity index (χ1) is 44.1. The van der Waals surface area contributed by atoms with Gasteiger partial charge in [0, 0.05) is 75.1 Å². The molecule has 0 fully saturated rings. The van der Waals surface area contributed by atoms with E-state index in [4.69, 9.17) is 94.5 Å². The van der Waals surface area contributed by atoms with Gasteiger partial charge in [-0.15, -0.1) is 86.2 Å². The Balaban J connectivity index is 0.000000906. The maximum absolute atomic E-state index is 16.4. The first-order valence-corrected chi connectivity index (χ1v) is 35.5. The third-order valence-electron chi connectivity index (χ3n) is 16.7. The van der Waals surface area contributed by atoms with E-state index in [0.29, 0.717) is 85.6 Å². The molecule has 5 aromatic carbocycles. The minimum atomic E-state index is -0.226. The summed E-state index contributed by atoms with van der Waals surface area (Å²) in [5.41, 5.74) is 20.2. The number of ketones is 1. The number of halogens is 6. The fourth-order valence-corrected chi connectivity index (χ4v) is 11.3. The third kappa shape index (κ3) is 17.8. The monoisotopic (exact) mass is 1430 g/mol. The molecule has 95 heavy (non-hydrogen) atoms. The quantitative estimate of drug-likeness (QED) is 0.0856. The predicted octanol–water partition coefficient (Wildman–Crippen LogP) is 23.9. The molecule has 0 atom stereocenters. The summed E-state index contributed by atoms with van der Waals surface area (Å²) in [4.78, 5) is 45.0. The van der Waals surface area contributed by atoms with E-state index in [1.54, 1.807) is 0 Å². The molecule has 0 N–H and O–H groups in total. The van der Waals surface area contributed by atoms with E-state index in [-0.39, 0.29) is 54.8 Å². The van der Waals surface area contributed by atoms with Crippen LogP contribution in [0.4, 0.5) is 0 Å². The van der Waals surface area contributed by atoms with Gasteiger partial charge in [0.15, 0.2) is 5.78 Å². The van der Waals surface area contributed by atoms with Crippen LogP contribution in [0.1, 0.15) is 185 Å². The molecule has 0 aliphatic carbocycles. The number of fused-ring (bicyclic) bond motifs is 8. The van der Waals surface area contributed by atoms with E-state index < -0.39 is 0 Å². The molecule has 0 unspecified atom stereocenters. The van der Waals surface area contributed by atoms with E-state index in [1.165, 1.54) is 22.3 Å². The molecular weight excluding hydrogens is 1340 g/mol. The average Bonchev–Trinajstić information content (AvgIpc) is 1.58. The van der Waals surface area contributed by atoms with Crippen LogP contribution in [0.25, 0.3) is 101 Å². The van der Waals surface area contributed by atoms with Crippen LogP contribution in [0.15, 0.2) is 140 Å². The van der Waals surface area contributed by atoms with Gasteiger partial charge >= 0.3 is 16.5 Å². The normalized spacial score (nSPS) is 12.6. The van der Waals surface area contributed by atoms with E-state index >= 15 is 4.79 Å². The van der Waals surface area contributed by atoms with Gasteiger partial charge < -0.3 is 15.0 Å². The van der Waals surface area contributed by atoms with Gasteiger partial charge in [-0.25, -0.2) is 9.97 Å². The van der Waals surface area contributed by atoms with Gasteiger partial charge in [-0.05, 0) is 131 Å². The predicted molar refractivity (Wildman–Crippen MR) is 410 cm³/mol. The van der Waals surface area contributed by atoms with Crippen LogP contribution in [0.3, 0.4) is 0 Å². The second-order valence-corrected chi connectivity index (χ2v) is 32.5. The summed E-state index contributed by atoms with van der Waals surface area (Å²) in [6.45, 7) is 40.9. The minimum absolute atomic E-state index is 0. The number of carbonyl (C=O) groups excluding carboxylic acids is 1. The molecule has 8 bridgehead atoms. The van der Waals surface area contributed by atoms with Crippen LogP contribution in [-0.4, -0.2) is 51.0 Å². The number of pyridine rings is 1. The van der Waals surface area contributed by atoms with Crippen molar-refractivity contribution in [1.82, 2.24) is 24.9 Å². The average molecular weight is 1430 g/mol. The van der Waals surface area contributed by atoms with Crippen molar-refractivity contribution in [2.24, 2.45) is 0 Å². The van der Waals surface area contributed by atoms with Gasteiger partial charge in [-0.3, -0.25) is 4.79 Å². The Kier molecular flexibility index (Phi) is 25.0. The van der Waals surface area contributed by atoms with Gasteiger partial charge in [0.25, 0.3) is 0 Å². The molecule has 0 saturated heterocycles. The maximum atomic E-state index is 16.4. The van der Waals surface area contributed by atoms with E-state index in [9.17, 15) is 0 Å². The first kappa shape index (κ1) is 76.6. The number of hydrogen-bond donors (Lipinski definition) is 0. The Hall–Kier alpha value is -5.73. The van der Waals surface area contributed by atoms with E-state index in [0.717, 1.165) is 72.3 Å². The standard InChI is InChI=1S/C76H80N5O.3C2H4Cl2.Ni/c1-71(2,3)49-35-46(36-50(41-49)72(4,5)6)61-55-29-30-56(77-55)62(47-37-51(73(7,8)9)42-52(38-47)74(10,11)12)58-32-34-60(79-58)64-66(44-25-21-19-22-26-44)80-67(45-27-23-20-24-28-45)65-68(64)81-69(70(65)82)63(59-33-31-57(61)78-59)48-39-53(75(13,14)15)43-54(40-48)76(16,17)18;3*3-1-2-4;/h19-43H,1-18H3,(H-2,77,78,79,80,81,82);3*1-2H2;/q-1;;;;+2/p-1. The van der Waals surface area contributed by atoms with Crippen molar-refractivity contribution >= 4 is 121 Å². The van der Waals surface area contributed by atoms with Crippen LogP contribution < -0.4 is 15.0 Å². The van der Waals surface area contributed by atoms with Crippen LogP contribution in [0.2, 0.25) is 0 Å². The summed E-state index contributed by atoms with van der Waals surface area (Å²) in [6.07, 6.45) is 4.20. The fraction of sp³-hybridized carbons (Fsp3) is 0.366. The molecule has 0 radical (unpaired) electrons. The molecule has 0 spiro atoms. The molecule has 9 aromatic rings. The number of alkyl halides is 6. The zero-order chi connectivity index (χ0) is 69.0. The van der Waals surface area contributed by atoms with Crippen molar-refractivity contribution in [3.63, 3.8) is 0 Å². The van der Waals surface area contributed by atoms with Crippen molar-refractivity contribution < 1.29 is 21.3 Å². The molecular formula is C82H91Cl6N5NiO. The molecule has 13 heteroatoms. The van der Waals surface area contributed by atoms with Crippen molar-refractivity contribution in [3.8, 4) is 55.9 Å². The Morgan fingerprint density at radius 1 is 0.368 bits per heavy atom. The SMILES string of the molecule is CC(C)(C)c1cc(-c2c3nc(c4c(-c5ccccc5)nc(-c5ccccc5)c5c4[n-]c(c(-c4cc(C(C)(C)C)cc(C(C)(C)C)c4)c4ccc([n-]4)[c+](-c4cc(C(C)(C)C)cc(C(C)(C)C)c4)c4ccc2[n-]4)C5=O)C=C3)cc(C(C)(C)C)c1.ClCCCl.ClCCCl.ClCCCl.[Ni+2]. The smallest absolute Gasteiger partial charge is 0.653 e. The van der Waals surface area contributed by atoms with Crippen LogP contribution in [0.5, 0.6) is 0 Å². The molecule has 502 valence electrons. The molecule has 4 aromatic heterocycles. The fourth-order valence-electron chi connectivity index (χ4n) is 11.3. The summed E-state index contributed by atoms with van der Waals surface area (Å²) in [5, 5.41) is 0.690. The number of hydrogen-bond acceptors (Lipinski definition) is 3. The van der Waals surface area contributed by atoms with Crippen molar-refractivity contribution in [3.05, 3.63) is 196 Å². The van der Waals surface area contributed by atoms with Gasteiger partial charge in [0.05, 0.1) is 28.3 Å². The summed E-state index contributed by atoms with van der Waals surface area (Å²) in [7, 11) is 0. The van der Waals surface area contributed by atoms with Gasteiger partial charge in [0.1, 0.15) is 0 Å². The Labute approximate surface area is 605 Å². The largest absolute Gasteiger partial charge is 2.00 e. The van der Waals surface area contributed by atoms with Crippen molar-refractivity contribution in [2.75, 3.05) is 35.3 Å². The van der Waals surface area contributed by atoms with Crippen LogP contribution >= 0.6 is 69.6 Å². The van der Waals surface area contributed by atoms with Crippen LogP contribution in [-0.2, 0) is 49.0 Å². The van der Waals surface area contributed by atoms with Gasteiger partial charge in [-0.1, -0.05) is 238 Å². The molecule has 0 saturated carbocycles. The zero-order valence-corrected chi connectivity index (χ0v) is 63.9. The van der Waals surface area contributed by atoms with Crippen molar-refractivity contribution in [2.45, 2.75) is 157 Å². The van der Waals surface area contributed by atoms with Gasteiger partial charge in [0.2, 0.25) is 0 Å². The Morgan fingerprint density at radius 3 is 1.09 bits per heavy atom. The Morgan fingerprint density at radius 2 is 0.716 bits per heavy atom. The minimum Gasteiger partial charge on any atom is -0.653 e. The molecule has 2 aliphatic rings. The van der Waals surface area contributed by atoms with E-state index in [1.807, 2.05) is 48.5 Å². The summed E-state index contributed by atoms with van der Waals surface area (Å²) in [5.74, 6) is 3.13. The third-order valence-corrected chi connectivity index (χ3v) is 18.4. The number of nitrogens with zero attached hydrogens (tertiary/aromatic N) is 5. The number of benzene rings is 5. The molecule has 11 rings (SSSR count). The topological polar surface area (TPSA) is 85.2 Å². The number of carbonyl (C=O) groups is 1. The zero-order valence-electron chi connectivity index (χ0n) is 58.4. The first-order valence-electron chi connectivity index (χ1n) is 32.3. The summed E-state index contributed by atoms with van der Waals surface area (Å²) >= 11 is 30.3. The summed E-state index contributed by atoms with van der Waals surface area (Å²) in [6, 6.07) is 49.8. The van der Waals surface area contributed by atoms with E-state index in [2.05, 4.69) is 228 Å². The maximum Gasteiger partial charge on any atom is 2.00 e. The van der Waals surface area contributed by atoms with Crippen LogP contribution in [0, 0.1) is 0 Å².